The zero-order chi connectivity index (χ0) is 13.1. The summed E-state index contributed by atoms with van der Waals surface area (Å²) in [6.07, 6.45) is 1.68. The van der Waals surface area contributed by atoms with Gasteiger partial charge in [0.25, 0.3) is 0 Å². The highest BCUT2D eigenvalue weighted by atomic mass is 79.9. The predicted molar refractivity (Wildman–Crippen MR) is 75.8 cm³/mol. The monoisotopic (exact) mass is 372 g/mol. The van der Waals surface area contributed by atoms with Gasteiger partial charge in [0.05, 0.1) is 16.8 Å². The molecule has 0 atom stereocenters. The molecule has 2 aromatic heterocycles. The van der Waals surface area contributed by atoms with E-state index in [1.165, 1.54) is 0 Å². The lowest BCUT2D eigenvalue weighted by Crippen LogP contribution is -2.04. The van der Waals surface area contributed by atoms with E-state index in [4.69, 9.17) is 10.5 Å². The Morgan fingerprint density at radius 1 is 1.33 bits per heavy atom. The maximum atomic E-state index is 5.84. The molecule has 0 spiro atoms. The van der Waals surface area contributed by atoms with Crippen LogP contribution in [-0.2, 0) is 11.3 Å². The van der Waals surface area contributed by atoms with E-state index in [0.717, 1.165) is 4.47 Å². The van der Waals surface area contributed by atoms with Crippen LogP contribution in [0, 0.1) is 0 Å². The molecular formula is C11H10Br2N4O. The van der Waals surface area contributed by atoms with Crippen LogP contribution >= 0.6 is 31.9 Å². The van der Waals surface area contributed by atoms with Crippen molar-refractivity contribution in [3.05, 3.63) is 33.0 Å². The van der Waals surface area contributed by atoms with Crippen LogP contribution in [0.3, 0.4) is 0 Å². The molecule has 94 valence electrons. The molecule has 5 nitrogen and oxygen atoms in total. The normalized spacial score (nSPS) is 10.6. The lowest BCUT2D eigenvalue weighted by Gasteiger charge is -2.08. The van der Waals surface area contributed by atoms with Crippen molar-refractivity contribution >= 4 is 37.7 Å². The summed E-state index contributed by atoms with van der Waals surface area (Å²) in [6.45, 7) is 0.352. The molecule has 2 aromatic rings. The standard InChI is InChI=1S/C11H10Br2N4O/c1-18-5-7-8(13)10(14)17-11(16-7)9-6(12)3-2-4-15-9/h2-4H,5H2,1H3,(H2,14,16,17). The summed E-state index contributed by atoms with van der Waals surface area (Å²) in [5, 5.41) is 0. The smallest absolute Gasteiger partial charge is 0.181 e. The average Bonchev–Trinajstić information content (AvgIpc) is 2.35. The lowest BCUT2D eigenvalue weighted by molar-refractivity contribution is 0.181. The summed E-state index contributed by atoms with van der Waals surface area (Å²) in [5.41, 5.74) is 7.18. The summed E-state index contributed by atoms with van der Waals surface area (Å²) in [7, 11) is 1.60. The molecule has 0 fully saturated rings. The topological polar surface area (TPSA) is 73.9 Å². The Labute approximate surface area is 121 Å². The van der Waals surface area contributed by atoms with Crippen molar-refractivity contribution in [2.45, 2.75) is 6.61 Å². The van der Waals surface area contributed by atoms with Crippen molar-refractivity contribution in [2.75, 3.05) is 12.8 Å². The number of nitrogen functional groups attached to an aromatic ring is 1. The molecule has 0 saturated carbocycles. The second kappa shape index (κ2) is 5.73. The molecule has 0 aliphatic heterocycles. The first-order valence-electron chi connectivity index (χ1n) is 5.05. The Morgan fingerprint density at radius 2 is 2.11 bits per heavy atom. The molecule has 0 amide bonds. The molecule has 2 rings (SSSR count). The molecule has 0 unspecified atom stereocenters. The third kappa shape index (κ3) is 2.68. The summed E-state index contributed by atoms with van der Waals surface area (Å²) in [5.74, 6) is 0.833. The van der Waals surface area contributed by atoms with Gasteiger partial charge < -0.3 is 10.5 Å². The first kappa shape index (κ1) is 13.4. The third-order valence-electron chi connectivity index (χ3n) is 2.20. The fraction of sp³-hybridized carbons (Fsp3) is 0.182. The number of ether oxygens (including phenoxy) is 1. The van der Waals surface area contributed by atoms with Crippen molar-refractivity contribution in [1.29, 1.82) is 0 Å². The van der Waals surface area contributed by atoms with Gasteiger partial charge in [-0.1, -0.05) is 0 Å². The Morgan fingerprint density at radius 3 is 2.78 bits per heavy atom. The number of hydrogen-bond donors (Lipinski definition) is 1. The van der Waals surface area contributed by atoms with Crippen LogP contribution in [0.25, 0.3) is 11.5 Å². The van der Waals surface area contributed by atoms with E-state index in [1.807, 2.05) is 12.1 Å². The molecule has 0 radical (unpaired) electrons. The molecule has 0 aliphatic rings. The average molecular weight is 374 g/mol. The highest BCUT2D eigenvalue weighted by Crippen LogP contribution is 2.28. The van der Waals surface area contributed by atoms with E-state index in [1.54, 1.807) is 13.3 Å². The Bertz CT molecular complexity index is 577. The lowest BCUT2D eigenvalue weighted by atomic mass is 10.3. The summed E-state index contributed by atoms with van der Waals surface area (Å²) in [4.78, 5) is 12.9. The van der Waals surface area contributed by atoms with Crippen LogP contribution < -0.4 is 5.73 Å². The van der Waals surface area contributed by atoms with Crippen molar-refractivity contribution in [2.24, 2.45) is 0 Å². The van der Waals surface area contributed by atoms with Crippen LogP contribution in [0.1, 0.15) is 5.69 Å². The van der Waals surface area contributed by atoms with Gasteiger partial charge in [0.1, 0.15) is 11.5 Å². The molecule has 0 saturated heterocycles. The first-order chi connectivity index (χ1) is 8.63. The number of nitrogens with two attached hydrogens (primary N) is 1. The largest absolute Gasteiger partial charge is 0.383 e. The van der Waals surface area contributed by atoms with Gasteiger partial charge in [-0.25, -0.2) is 9.97 Å². The Balaban J connectivity index is 2.56. The second-order valence-corrected chi connectivity index (χ2v) is 5.11. The minimum atomic E-state index is 0.352. The van der Waals surface area contributed by atoms with Gasteiger partial charge in [-0.15, -0.1) is 0 Å². The molecule has 0 aromatic carbocycles. The Hall–Kier alpha value is -1.05. The summed E-state index contributed by atoms with van der Waals surface area (Å²) in [6, 6.07) is 3.70. The first-order valence-corrected chi connectivity index (χ1v) is 6.63. The minimum absolute atomic E-state index is 0.352. The predicted octanol–water partition coefficient (Wildman–Crippen LogP) is 2.79. The zero-order valence-corrected chi connectivity index (χ0v) is 12.7. The van der Waals surface area contributed by atoms with Gasteiger partial charge in [0.2, 0.25) is 0 Å². The zero-order valence-electron chi connectivity index (χ0n) is 9.52. The SMILES string of the molecule is COCc1nc(-c2ncccc2Br)nc(N)c1Br. The molecule has 2 heterocycles. The number of halogens is 2. The van der Waals surface area contributed by atoms with Crippen LogP contribution in [0.15, 0.2) is 27.3 Å². The van der Waals surface area contributed by atoms with Crippen LogP contribution in [-0.4, -0.2) is 22.1 Å². The van der Waals surface area contributed by atoms with E-state index < -0.39 is 0 Å². The molecule has 0 bridgehead atoms. The van der Waals surface area contributed by atoms with Crippen LogP contribution in [0.5, 0.6) is 0 Å². The van der Waals surface area contributed by atoms with Crippen molar-refractivity contribution in [3.8, 4) is 11.5 Å². The van der Waals surface area contributed by atoms with Crippen molar-refractivity contribution < 1.29 is 4.74 Å². The number of nitrogens with zero attached hydrogens (tertiary/aromatic N) is 3. The fourth-order valence-corrected chi connectivity index (χ4v) is 2.13. The van der Waals surface area contributed by atoms with Gasteiger partial charge >= 0.3 is 0 Å². The van der Waals surface area contributed by atoms with E-state index in [9.17, 15) is 0 Å². The van der Waals surface area contributed by atoms with Gasteiger partial charge in [-0.2, -0.15) is 0 Å². The van der Waals surface area contributed by atoms with Gasteiger partial charge in [-0.3, -0.25) is 4.98 Å². The van der Waals surface area contributed by atoms with Crippen LogP contribution in [0.4, 0.5) is 5.82 Å². The van der Waals surface area contributed by atoms with E-state index in [0.29, 0.717) is 34.1 Å². The van der Waals surface area contributed by atoms with Gasteiger partial charge in [0, 0.05) is 17.8 Å². The Kier molecular flexibility index (Phi) is 4.26. The summed E-state index contributed by atoms with van der Waals surface area (Å²) >= 11 is 6.76. The minimum Gasteiger partial charge on any atom is -0.383 e. The third-order valence-corrected chi connectivity index (χ3v) is 3.70. The number of hydrogen-bond acceptors (Lipinski definition) is 5. The second-order valence-electron chi connectivity index (χ2n) is 3.46. The molecular weight excluding hydrogens is 364 g/mol. The van der Waals surface area contributed by atoms with Gasteiger partial charge in [0.15, 0.2) is 5.82 Å². The number of aromatic nitrogens is 3. The number of pyridine rings is 1. The highest BCUT2D eigenvalue weighted by molar-refractivity contribution is 9.11. The number of anilines is 1. The van der Waals surface area contributed by atoms with Crippen molar-refractivity contribution in [1.82, 2.24) is 15.0 Å². The fourth-order valence-electron chi connectivity index (χ4n) is 1.40. The maximum Gasteiger partial charge on any atom is 0.181 e. The quantitative estimate of drug-likeness (QED) is 0.895. The number of rotatable bonds is 3. The van der Waals surface area contributed by atoms with E-state index in [-0.39, 0.29) is 0 Å². The number of methoxy groups -OCH3 is 1. The van der Waals surface area contributed by atoms with E-state index >= 15 is 0 Å². The molecule has 18 heavy (non-hydrogen) atoms. The molecule has 7 heteroatoms. The van der Waals surface area contributed by atoms with Crippen molar-refractivity contribution in [3.63, 3.8) is 0 Å². The van der Waals surface area contributed by atoms with Crippen LogP contribution in [0.2, 0.25) is 0 Å². The highest BCUT2D eigenvalue weighted by Gasteiger charge is 2.14. The van der Waals surface area contributed by atoms with Gasteiger partial charge in [-0.05, 0) is 44.0 Å². The molecule has 2 N–H and O–H groups in total. The maximum absolute atomic E-state index is 5.84. The molecule has 0 aliphatic carbocycles. The van der Waals surface area contributed by atoms with E-state index in [2.05, 4.69) is 46.8 Å². The summed E-state index contributed by atoms with van der Waals surface area (Å²) < 4.78 is 6.54.